The second-order valence-electron chi connectivity index (χ2n) is 4.39. The number of anilines is 1. The van der Waals surface area contributed by atoms with Crippen LogP contribution >= 0.6 is 15.9 Å². The Hall–Kier alpha value is -1.49. The largest absolute Gasteiger partial charge is 0.370 e. The highest BCUT2D eigenvalue weighted by molar-refractivity contribution is 9.10. The highest BCUT2D eigenvalue weighted by atomic mass is 79.9. The lowest BCUT2D eigenvalue weighted by Crippen LogP contribution is -2.07. The summed E-state index contributed by atoms with van der Waals surface area (Å²) in [5.41, 5.74) is 2.86. The third-order valence-electron chi connectivity index (χ3n) is 2.89. The zero-order valence-corrected chi connectivity index (χ0v) is 13.0. The lowest BCUT2D eigenvalue weighted by Gasteiger charge is -2.11. The van der Waals surface area contributed by atoms with E-state index in [1.807, 2.05) is 26.0 Å². The van der Waals surface area contributed by atoms with Crippen LogP contribution in [-0.2, 0) is 0 Å². The molecule has 100 valence electrons. The minimum atomic E-state index is 0.661. The van der Waals surface area contributed by atoms with Crippen LogP contribution in [0.15, 0.2) is 22.8 Å². The van der Waals surface area contributed by atoms with Crippen molar-refractivity contribution in [2.75, 3.05) is 11.9 Å². The predicted molar refractivity (Wildman–Crippen MR) is 81.2 cm³/mol. The topological polar surface area (TPSA) is 50.7 Å². The van der Waals surface area contributed by atoms with E-state index in [9.17, 15) is 0 Å². The summed E-state index contributed by atoms with van der Waals surface area (Å²) in [5, 5.41) is 3.34. The van der Waals surface area contributed by atoms with Crippen molar-refractivity contribution >= 4 is 21.7 Å². The van der Waals surface area contributed by atoms with Crippen molar-refractivity contribution in [1.82, 2.24) is 15.0 Å². The van der Waals surface area contributed by atoms with E-state index in [1.165, 1.54) is 0 Å². The Morgan fingerprint density at radius 3 is 2.63 bits per heavy atom. The Balaban J connectivity index is 2.40. The molecule has 0 spiro atoms. The molecule has 2 rings (SSSR count). The molecule has 0 aliphatic carbocycles. The number of nitrogens with one attached hydrogen (secondary N) is 1. The van der Waals surface area contributed by atoms with Crippen LogP contribution in [-0.4, -0.2) is 21.5 Å². The SMILES string of the molecule is CCCNc1nc(-c2ccc(Br)cn2)nc(C)c1C. The summed E-state index contributed by atoms with van der Waals surface area (Å²) in [7, 11) is 0. The molecule has 1 N–H and O–H groups in total. The number of hydrogen-bond acceptors (Lipinski definition) is 4. The smallest absolute Gasteiger partial charge is 0.180 e. The Kier molecular flexibility index (Phi) is 4.47. The quantitative estimate of drug-likeness (QED) is 0.932. The number of nitrogens with zero attached hydrogens (tertiary/aromatic N) is 3. The van der Waals surface area contributed by atoms with Gasteiger partial charge in [0.05, 0.1) is 0 Å². The number of halogens is 1. The van der Waals surface area contributed by atoms with Crippen molar-refractivity contribution in [2.45, 2.75) is 27.2 Å². The average Bonchev–Trinajstić information content (AvgIpc) is 2.41. The molecule has 0 atom stereocenters. The normalized spacial score (nSPS) is 10.5. The minimum Gasteiger partial charge on any atom is -0.370 e. The summed E-state index contributed by atoms with van der Waals surface area (Å²) in [6, 6.07) is 3.86. The van der Waals surface area contributed by atoms with E-state index in [0.717, 1.165) is 40.2 Å². The molecule has 0 unspecified atom stereocenters. The van der Waals surface area contributed by atoms with E-state index >= 15 is 0 Å². The molecule has 4 nitrogen and oxygen atoms in total. The van der Waals surface area contributed by atoms with Gasteiger partial charge >= 0.3 is 0 Å². The molecule has 0 bridgehead atoms. The van der Waals surface area contributed by atoms with Gasteiger partial charge in [-0.3, -0.25) is 4.98 Å². The van der Waals surface area contributed by atoms with Crippen LogP contribution in [0.3, 0.4) is 0 Å². The molecule has 0 radical (unpaired) electrons. The van der Waals surface area contributed by atoms with Crippen LogP contribution in [0.25, 0.3) is 11.5 Å². The Morgan fingerprint density at radius 1 is 1.21 bits per heavy atom. The predicted octanol–water partition coefficient (Wildman–Crippen LogP) is 3.74. The lowest BCUT2D eigenvalue weighted by atomic mass is 10.2. The third kappa shape index (κ3) is 3.29. The van der Waals surface area contributed by atoms with Gasteiger partial charge in [0.15, 0.2) is 5.82 Å². The highest BCUT2D eigenvalue weighted by Gasteiger charge is 2.10. The van der Waals surface area contributed by atoms with Gasteiger partial charge in [0.2, 0.25) is 0 Å². The Morgan fingerprint density at radius 2 is 2.00 bits per heavy atom. The molecule has 0 aromatic carbocycles. The maximum atomic E-state index is 4.57. The van der Waals surface area contributed by atoms with Gasteiger partial charge in [-0.2, -0.15) is 0 Å². The van der Waals surface area contributed by atoms with Crippen LogP contribution in [0.4, 0.5) is 5.82 Å². The van der Waals surface area contributed by atoms with E-state index in [4.69, 9.17) is 0 Å². The second-order valence-corrected chi connectivity index (χ2v) is 5.31. The average molecular weight is 321 g/mol. The van der Waals surface area contributed by atoms with Gasteiger partial charge in [-0.15, -0.1) is 0 Å². The van der Waals surface area contributed by atoms with Crippen LogP contribution in [0.1, 0.15) is 24.6 Å². The molecule has 19 heavy (non-hydrogen) atoms. The van der Waals surface area contributed by atoms with Crippen molar-refractivity contribution in [3.63, 3.8) is 0 Å². The van der Waals surface area contributed by atoms with Crippen molar-refractivity contribution in [3.05, 3.63) is 34.1 Å². The first-order valence-corrected chi connectivity index (χ1v) is 7.12. The van der Waals surface area contributed by atoms with Gasteiger partial charge < -0.3 is 5.32 Å². The van der Waals surface area contributed by atoms with Gasteiger partial charge in [-0.25, -0.2) is 9.97 Å². The summed E-state index contributed by atoms with van der Waals surface area (Å²) >= 11 is 3.38. The summed E-state index contributed by atoms with van der Waals surface area (Å²) in [5.74, 6) is 1.56. The van der Waals surface area contributed by atoms with E-state index in [-0.39, 0.29) is 0 Å². The van der Waals surface area contributed by atoms with Crippen LogP contribution in [0, 0.1) is 13.8 Å². The van der Waals surface area contributed by atoms with Crippen molar-refractivity contribution in [1.29, 1.82) is 0 Å². The Labute approximate surface area is 121 Å². The van der Waals surface area contributed by atoms with Gasteiger partial charge in [0.25, 0.3) is 0 Å². The number of pyridine rings is 1. The first-order valence-electron chi connectivity index (χ1n) is 6.33. The zero-order valence-electron chi connectivity index (χ0n) is 11.4. The lowest BCUT2D eigenvalue weighted by molar-refractivity contribution is 0.953. The highest BCUT2D eigenvalue weighted by Crippen LogP contribution is 2.21. The van der Waals surface area contributed by atoms with Crippen LogP contribution in [0.2, 0.25) is 0 Å². The molecule has 5 heteroatoms. The van der Waals surface area contributed by atoms with E-state index in [2.05, 4.69) is 43.1 Å². The molecule has 0 saturated heterocycles. The van der Waals surface area contributed by atoms with Gasteiger partial charge in [0, 0.05) is 28.5 Å². The molecule has 2 aromatic rings. The summed E-state index contributed by atoms with van der Waals surface area (Å²) in [6.45, 7) is 7.07. The van der Waals surface area contributed by atoms with Gasteiger partial charge in [0.1, 0.15) is 11.5 Å². The van der Waals surface area contributed by atoms with Crippen molar-refractivity contribution in [3.8, 4) is 11.5 Å². The second kappa shape index (κ2) is 6.10. The molecular formula is C14H17BrN4. The van der Waals surface area contributed by atoms with Crippen molar-refractivity contribution < 1.29 is 0 Å². The van der Waals surface area contributed by atoms with E-state index in [1.54, 1.807) is 6.20 Å². The number of hydrogen-bond donors (Lipinski definition) is 1. The fraction of sp³-hybridized carbons (Fsp3) is 0.357. The summed E-state index contributed by atoms with van der Waals surface area (Å²) < 4.78 is 0.949. The standard InChI is InChI=1S/C14H17BrN4/c1-4-7-16-13-9(2)10(3)18-14(19-13)12-6-5-11(15)8-17-12/h5-6,8H,4,7H2,1-3H3,(H,16,18,19). The maximum Gasteiger partial charge on any atom is 0.180 e. The van der Waals surface area contributed by atoms with Crippen LogP contribution in [0.5, 0.6) is 0 Å². The number of aryl methyl sites for hydroxylation is 1. The summed E-state index contributed by atoms with van der Waals surface area (Å²) in [6.07, 6.45) is 2.82. The van der Waals surface area contributed by atoms with E-state index < -0.39 is 0 Å². The first kappa shape index (κ1) is 13.9. The summed E-state index contributed by atoms with van der Waals surface area (Å²) in [4.78, 5) is 13.4. The molecule has 0 aliphatic heterocycles. The zero-order chi connectivity index (χ0) is 13.8. The fourth-order valence-electron chi connectivity index (χ4n) is 1.67. The minimum absolute atomic E-state index is 0.661. The molecule has 2 heterocycles. The van der Waals surface area contributed by atoms with E-state index in [0.29, 0.717) is 5.82 Å². The molecule has 0 amide bonds. The molecule has 0 fully saturated rings. The molecular weight excluding hydrogens is 304 g/mol. The maximum absolute atomic E-state index is 4.57. The van der Waals surface area contributed by atoms with Gasteiger partial charge in [-0.05, 0) is 48.3 Å². The third-order valence-corrected chi connectivity index (χ3v) is 3.36. The van der Waals surface area contributed by atoms with Crippen molar-refractivity contribution in [2.24, 2.45) is 0 Å². The first-order chi connectivity index (χ1) is 9.11. The monoisotopic (exact) mass is 320 g/mol. The van der Waals surface area contributed by atoms with Gasteiger partial charge in [-0.1, -0.05) is 6.92 Å². The fourth-order valence-corrected chi connectivity index (χ4v) is 1.90. The number of aromatic nitrogens is 3. The number of rotatable bonds is 4. The molecule has 0 saturated carbocycles. The van der Waals surface area contributed by atoms with Crippen LogP contribution < -0.4 is 5.32 Å². The molecule has 0 aliphatic rings. The Bertz CT molecular complexity index is 566. The molecule has 2 aromatic heterocycles.